The SMILES string of the molecule is c1ccc(-n2cc(COc3ccc(OCc4cn(-c5ccccc5)nn4)cc3)nn2)cc1. The van der Waals surface area contributed by atoms with Crippen LogP contribution in [0.15, 0.2) is 97.3 Å². The van der Waals surface area contributed by atoms with E-state index in [4.69, 9.17) is 9.47 Å². The molecular formula is C24H20N6O2. The number of nitrogens with zero attached hydrogens (tertiary/aromatic N) is 6. The van der Waals surface area contributed by atoms with Gasteiger partial charge in [0.15, 0.2) is 0 Å². The fraction of sp³-hybridized carbons (Fsp3) is 0.0833. The molecule has 32 heavy (non-hydrogen) atoms. The van der Waals surface area contributed by atoms with Crippen molar-refractivity contribution in [3.8, 4) is 22.9 Å². The summed E-state index contributed by atoms with van der Waals surface area (Å²) in [6.07, 6.45) is 3.71. The quantitative estimate of drug-likeness (QED) is 0.375. The third-order valence-electron chi connectivity index (χ3n) is 4.72. The van der Waals surface area contributed by atoms with E-state index in [1.54, 1.807) is 9.36 Å². The van der Waals surface area contributed by atoms with E-state index in [9.17, 15) is 0 Å². The van der Waals surface area contributed by atoms with Gasteiger partial charge >= 0.3 is 0 Å². The first-order valence-corrected chi connectivity index (χ1v) is 10.1. The summed E-state index contributed by atoms with van der Waals surface area (Å²) < 4.78 is 15.1. The maximum absolute atomic E-state index is 5.81. The molecule has 158 valence electrons. The van der Waals surface area contributed by atoms with Crippen molar-refractivity contribution in [1.29, 1.82) is 0 Å². The topological polar surface area (TPSA) is 79.9 Å². The van der Waals surface area contributed by atoms with Crippen molar-refractivity contribution < 1.29 is 9.47 Å². The molecule has 2 aromatic heterocycles. The highest BCUT2D eigenvalue weighted by atomic mass is 16.5. The molecule has 0 saturated heterocycles. The number of hydrogen-bond donors (Lipinski definition) is 0. The highest BCUT2D eigenvalue weighted by molar-refractivity contribution is 5.33. The first-order chi connectivity index (χ1) is 15.8. The Kier molecular flexibility index (Phi) is 5.56. The fourth-order valence-electron chi connectivity index (χ4n) is 3.09. The van der Waals surface area contributed by atoms with E-state index >= 15 is 0 Å². The lowest BCUT2D eigenvalue weighted by atomic mass is 10.3. The second-order valence-corrected chi connectivity index (χ2v) is 7.03. The lowest BCUT2D eigenvalue weighted by molar-refractivity contribution is 0.292. The second kappa shape index (κ2) is 9.13. The Morgan fingerprint density at radius 1 is 0.531 bits per heavy atom. The zero-order valence-corrected chi connectivity index (χ0v) is 17.2. The molecule has 3 aromatic carbocycles. The van der Waals surface area contributed by atoms with Crippen LogP contribution in [0.3, 0.4) is 0 Å². The molecule has 0 spiro atoms. The Bertz CT molecular complexity index is 1170. The van der Waals surface area contributed by atoms with Crippen LogP contribution in [0.1, 0.15) is 11.4 Å². The molecule has 0 N–H and O–H groups in total. The average molecular weight is 424 g/mol. The number of hydrogen-bond acceptors (Lipinski definition) is 6. The van der Waals surface area contributed by atoms with Crippen LogP contribution < -0.4 is 9.47 Å². The van der Waals surface area contributed by atoms with Crippen molar-refractivity contribution in [2.75, 3.05) is 0 Å². The normalized spacial score (nSPS) is 10.8. The highest BCUT2D eigenvalue weighted by Gasteiger charge is 2.06. The summed E-state index contributed by atoms with van der Waals surface area (Å²) in [5, 5.41) is 16.6. The summed E-state index contributed by atoms with van der Waals surface area (Å²) in [5.41, 5.74) is 3.40. The second-order valence-electron chi connectivity index (χ2n) is 7.03. The largest absolute Gasteiger partial charge is 0.487 e. The molecule has 0 aliphatic rings. The summed E-state index contributed by atoms with van der Waals surface area (Å²) in [4.78, 5) is 0. The Morgan fingerprint density at radius 2 is 0.938 bits per heavy atom. The van der Waals surface area contributed by atoms with Gasteiger partial charge in [-0.2, -0.15) is 0 Å². The van der Waals surface area contributed by atoms with E-state index in [2.05, 4.69) is 20.6 Å². The van der Waals surface area contributed by atoms with Gasteiger partial charge in [0.1, 0.15) is 36.1 Å². The van der Waals surface area contributed by atoms with E-state index < -0.39 is 0 Å². The molecule has 0 saturated carbocycles. The molecule has 0 aliphatic carbocycles. The molecule has 2 heterocycles. The number of para-hydroxylation sites is 2. The Labute approximate surface area is 184 Å². The van der Waals surface area contributed by atoms with Gasteiger partial charge in [0, 0.05) is 0 Å². The minimum atomic E-state index is 0.329. The molecule has 0 atom stereocenters. The fourth-order valence-corrected chi connectivity index (χ4v) is 3.09. The van der Waals surface area contributed by atoms with Gasteiger partial charge in [-0.15, -0.1) is 10.2 Å². The first-order valence-electron chi connectivity index (χ1n) is 10.1. The number of benzene rings is 3. The number of ether oxygens (including phenoxy) is 2. The zero-order valence-electron chi connectivity index (χ0n) is 17.2. The van der Waals surface area contributed by atoms with Crippen molar-refractivity contribution in [3.63, 3.8) is 0 Å². The van der Waals surface area contributed by atoms with Crippen molar-refractivity contribution in [3.05, 3.63) is 109 Å². The van der Waals surface area contributed by atoms with Crippen molar-refractivity contribution >= 4 is 0 Å². The van der Waals surface area contributed by atoms with Gasteiger partial charge in [-0.25, -0.2) is 9.36 Å². The van der Waals surface area contributed by atoms with Crippen LogP contribution in [0, 0.1) is 0 Å². The predicted octanol–water partition coefficient (Wildman–Crippen LogP) is 4.01. The molecule has 5 rings (SSSR count). The lowest BCUT2D eigenvalue weighted by Crippen LogP contribution is -1.97. The van der Waals surface area contributed by atoms with Crippen LogP contribution in [0.2, 0.25) is 0 Å². The molecule has 0 aliphatic heterocycles. The average Bonchev–Trinajstić information content (AvgIpc) is 3.53. The van der Waals surface area contributed by atoms with Gasteiger partial charge in [0.25, 0.3) is 0 Å². The molecule has 5 aromatic rings. The van der Waals surface area contributed by atoms with Gasteiger partial charge in [-0.3, -0.25) is 0 Å². The van der Waals surface area contributed by atoms with Gasteiger partial charge in [0.05, 0.1) is 23.8 Å². The number of aromatic nitrogens is 6. The van der Waals surface area contributed by atoms with E-state index in [0.29, 0.717) is 13.2 Å². The zero-order chi connectivity index (χ0) is 21.6. The van der Waals surface area contributed by atoms with Gasteiger partial charge in [-0.05, 0) is 48.5 Å². The monoisotopic (exact) mass is 424 g/mol. The van der Waals surface area contributed by atoms with Crippen LogP contribution in [0.4, 0.5) is 0 Å². The molecule has 8 nitrogen and oxygen atoms in total. The maximum atomic E-state index is 5.81. The van der Waals surface area contributed by atoms with E-state index in [-0.39, 0.29) is 0 Å². The summed E-state index contributed by atoms with van der Waals surface area (Å²) in [5.74, 6) is 1.45. The van der Waals surface area contributed by atoms with Crippen LogP contribution in [-0.4, -0.2) is 30.0 Å². The molecule has 0 radical (unpaired) electrons. The van der Waals surface area contributed by atoms with Crippen LogP contribution in [0.5, 0.6) is 11.5 Å². The van der Waals surface area contributed by atoms with Crippen molar-refractivity contribution in [2.45, 2.75) is 13.2 Å². The molecule has 0 unspecified atom stereocenters. The van der Waals surface area contributed by atoms with Crippen molar-refractivity contribution in [1.82, 2.24) is 30.0 Å². The Hall–Kier alpha value is -4.46. The molecular weight excluding hydrogens is 404 g/mol. The van der Waals surface area contributed by atoms with Gasteiger partial charge in [-0.1, -0.05) is 46.8 Å². The molecule has 8 heteroatoms. The molecule has 0 amide bonds. The third-order valence-corrected chi connectivity index (χ3v) is 4.72. The highest BCUT2D eigenvalue weighted by Crippen LogP contribution is 2.19. The smallest absolute Gasteiger partial charge is 0.134 e. The van der Waals surface area contributed by atoms with Crippen LogP contribution in [-0.2, 0) is 13.2 Å². The van der Waals surface area contributed by atoms with Crippen LogP contribution in [0.25, 0.3) is 11.4 Å². The van der Waals surface area contributed by atoms with Crippen LogP contribution >= 0.6 is 0 Å². The first kappa shape index (κ1) is 19.5. The van der Waals surface area contributed by atoms with Crippen molar-refractivity contribution in [2.24, 2.45) is 0 Å². The van der Waals surface area contributed by atoms with E-state index in [0.717, 1.165) is 34.3 Å². The third kappa shape index (κ3) is 4.65. The Balaban J connectivity index is 1.13. The maximum Gasteiger partial charge on any atom is 0.134 e. The number of rotatable bonds is 8. The standard InChI is InChI=1S/C24H20N6O2/c1-3-7-21(8-4-1)29-15-19(25-27-29)17-31-23-11-13-24(14-12-23)32-18-20-16-30(28-26-20)22-9-5-2-6-10-22/h1-16H,17-18H2. The van der Waals surface area contributed by atoms with E-state index in [1.807, 2.05) is 97.3 Å². The minimum absolute atomic E-state index is 0.329. The minimum Gasteiger partial charge on any atom is -0.487 e. The van der Waals surface area contributed by atoms with Gasteiger partial charge < -0.3 is 9.47 Å². The van der Waals surface area contributed by atoms with Gasteiger partial charge in [0.2, 0.25) is 0 Å². The summed E-state index contributed by atoms with van der Waals surface area (Å²) in [6, 6.07) is 27.1. The van der Waals surface area contributed by atoms with E-state index in [1.165, 1.54) is 0 Å². The lowest BCUT2D eigenvalue weighted by Gasteiger charge is -2.07. The molecule has 0 bridgehead atoms. The molecule has 0 fully saturated rings. The summed E-state index contributed by atoms with van der Waals surface area (Å²) in [7, 11) is 0. The summed E-state index contributed by atoms with van der Waals surface area (Å²) in [6.45, 7) is 0.658. The summed E-state index contributed by atoms with van der Waals surface area (Å²) >= 11 is 0. The Morgan fingerprint density at radius 3 is 1.34 bits per heavy atom. The predicted molar refractivity (Wildman–Crippen MR) is 118 cm³/mol.